The molecule has 1 rings (SSSR count). The molecule has 0 heterocycles. The Hall–Kier alpha value is -1.31. The number of nitrogens with two attached hydrogens (primary N) is 1. The minimum Gasteiger partial charge on any atom is -0.370 e. The molecular weight excluding hydrogens is 198 g/mol. The zero-order valence-electron chi connectivity index (χ0n) is 10.4. The predicted molar refractivity (Wildman–Crippen MR) is 67.4 cm³/mol. The summed E-state index contributed by atoms with van der Waals surface area (Å²) >= 11 is 0. The SMILES string of the molecule is CCCC(CC(N)=O)c1ccc(C)c(C)c1. The van der Waals surface area contributed by atoms with Crippen LogP contribution in [-0.4, -0.2) is 5.91 Å². The third kappa shape index (κ3) is 3.37. The standard InChI is InChI=1S/C14H21NO/c1-4-5-12(9-14(15)16)13-7-6-10(2)11(3)8-13/h6-8,12H,4-5,9H2,1-3H3,(H2,15,16). The van der Waals surface area contributed by atoms with Gasteiger partial charge in [0.15, 0.2) is 0 Å². The molecule has 16 heavy (non-hydrogen) atoms. The van der Waals surface area contributed by atoms with Crippen LogP contribution >= 0.6 is 0 Å². The van der Waals surface area contributed by atoms with Crippen LogP contribution < -0.4 is 5.73 Å². The summed E-state index contributed by atoms with van der Waals surface area (Å²) in [6.45, 7) is 6.34. The Morgan fingerprint density at radius 1 is 1.31 bits per heavy atom. The highest BCUT2D eigenvalue weighted by Crippen LogP contribution is 2.26. The lowest BCUT2D eigenvalue weighted by molar-refractivity contribution is -0.118. The molecule has 0 aliphatic rings. The monoisotopic (exact) mass is 219 g/mol. The highest BCUT2D eigenvalue weighted by molar-refractivity contribution is 5.74. The zero-order valence-corrected chi connectivity index (χ0v) is 10.4. The molecule has 0 aliphatic carbocycles. The molecular formula is C14H21NO. The van der Waals surface area contributed by atoms with Crippen LogP contribution in [0.1, 0.15) is 48.8 Å². The molecule has 0 bridgehead atoms. The molecule has 1 amide bonds. The minimum absolute atomic E-state index is 0.211. The lowest BCUT2D eigenvalue weighted by atomic mass is 9.89. The molecule has 1 atom stereocenters. The molecule has 0 saturated heterocycles. The van der Waals surface area contributed by atoms with Crippen molar-refractivity contribution < 1.29 is 4.79 Å². The van der Waals surface area contributed by atoms with Crippen LogP contribution in [-0.2, 0) is 4.79 Å². The number of aryl methyl sites for hydroxylation is 2. The second-order valence-electron chi connectivity index (χ2n) is 4.50. The third-order valence-corrected chi connectivity index (χ3v) is 3.09. The second-order valence-corrected chi connectivity index (χ2v) is 4.50. The quantitative estimate of drug-likeness (QED) is 0.812. The highest BCUT2D eigenvalue weighted by Gasteiger charge is 2.13. The summed E-state index contributed by atoms with van der Waals surface area (Å²) < 4.78 is 0. The van der Waals surface area contributed by atoms with Gasteiger partial charge in [-0.3, -0.25) is 4.79 Å². The van der Waals surface area contributed by atoms with Crippen molar-refractivity contribution in [1.82, 2.24) is 0 Å². The van der Waals surface area contributed by atoms with Crippen LogP contribution in [0.2, 0.25) is 0 Å². The number of carbonyl (C=O) groups is 1. The van der Waals surface area contributed by atoms with Gasteiger partial charge in [0.25, 0.3) is 0 Å². The van der Waals surface area contributed by atoms with Crippen molar-refractivity contribution in [3.63, 3.8) is 0 Å². The number of hydrogen-bond donors (Lipinski definition) is 1. The first kappa shape index (κ1) is 12.8. The number of rotatable bonds is 5. The first-order chi connectivity index (χ1) is 7.54. The van der Waals surface area contributed by atoms with Gasteiger partial charge < -0.3 is 5.73 Å². The van der Waals surface area contributed by atoms with Crippen LogP contribution in [0.3, 0.4) is 0 Å². The Labute approximate surface area is 97.9 Å². The maximum Gasteiger partial charge on any atom is 0.218 e. The molecule has 0 aliphatic heterocycles. The van der Waals surface area contributed by atoms with Crippen LogP contribution in [0.5, 0.6) is 0 Å². The fourth-order valence-electron chi connectivity index (χ4n) is 2.00. The van der Waals surface area contributed by atoms with E-state index in [0.29, 0.717) is 6.42 Å². The largest absolute Gasteiger partial charge is 0.370 e. The van der Waals surface area contributed by atoms with Crippen molar-refractivity contribution in [3.8, 4) is 0 Å². The molecule has 1 aromatic carbocycles. The topological polar surface area (TPSA) is 43.1 Å². The van der Waals surface area contributed by atoms with E-state index in [1.807, 2.05) is 0 Å². The Kier molecular flexibility index (Phi) is 4.53. The van der Waals surface area contributed by atoms with Crippen molar-refractivity contribution in [2.75, 3.05) is 0 Å². The highest BCUT2D eigenvalue weighted by atomic mass is 16.1. The molecule has 2 N–H and O–H groups in total. The molecule has 1 unspecified atom stereocenters. The van der Waals surface area contributed by atoms with E-state index < -0.39 is 0 Å². The molecule has 2 nitrogen and oxygen atoms in total. The molecule has 0 spiro atoms. The van der Waals surface area contributed by atoms with Gasteiger partial charge in [0, 0.05) is 6.42 Å². The van der Waals surface area contributed by atoms with Gasteiger partial charge in [-0.1, -0.05) is 31.5 Å². The summed E-state index contributed by atoms with van der Waals surface area (Å²) in [5.41, 5.74) is 9.10. The Bertz CT molecular complexity index is 371. The lowest BCUT2D eigenvalue weighted by Gasteiger charge is -2.16. The van der Waals surface area contributed by atoms with Gasteiger partial charge >= 0.3 is 0 Å². The maximum absolute atomic E-state index is 11.0. The van der Waals surface area contributed by atoms with Gasteiger partial charge in [-0.05, 0) is 42.9 Å². The van der Waals surface area contributed by atoms with Crippen LogP contribution in [0.4, 0.5) is 0 Å². The normalized spacial score (nSPS) is 12.4. The number of amides is 1. The van der Waals surface area contributed by atoms with E-state index in [0.717, 1.165) is 12.8 Å². The van der Waals surface area contributed by atoms with E-state index in [2.05, 4.69) is 39.0 Å². The number of carbonyl (C=O) groups excluding carboxylic acids is 1. The first-order valence-corrected chi connectivity index (χ1v) is 5.90. The van der Waals surface area contributed by atoms with Gasteiger partial charge in [-0.15, -0.1) is 0 Å². The summed E-state index contributed by atoms with van der Waals surface area (Å²) in [5.74, 6) is 0.0680. The fourth-order valence-corrected chi connectivity index (χ4v) is 2.00. The Morgan fingerprint density at radius 3 is 2.50 bits per heavy atom. The smallest absolute Gasteiger partial charge is 0.218 e. The third-order valence-electron chi connectivity index (χ3n) is 3.09. The summed E-state index contributed by atoms with van der Waals surface area (Å²) in [4.78, 5) is 11.0. The number of primary amides is 1. The molecule has 88 valence electrons. The van der Waals surface area contributed by atoms with Gasteiger partial charge in [-0.25, -0.2) is 0 Å². The number of hydrogen-bond acceptors (Lipinski definition) is 1. The zero-order chi connectivity index (χ0) is 12.1. The van der Waals surface area contributed by atoms with Crippen molar-refractivity contribution in [3.05, 3.63) is 34.9 Å². The molecule has 0 aromatic heterocycles. The molecule has 0 fully saturated rings. The van der Waals surface area contributed by atoms with E-state index in [1.165, 1.54) is 16.7 Å². The molecule has 1 aromatic rings. The summed E-state index contributed by atoms with van der Waals surface area (Å²) in [6.07, 6.45) is 2.55. The Morgan fingerprint density at radius 2 is 2.00 bits per heavy atom. The van der Waals surface area contributed by atoms with Crippen molar-refractivity contribution in [1.29, 1.82) is 0 Å². The van der Waals surface area contributed by atoms with Gasteiger partial charge in [0.05, 0.1) is 0 Å². The summed E-state index contributed by atoms with van der Waals surface area (Å²) in [7, 11) is 0. The van der Waals surface area contributed by atoms with Gasteiger partial charge in [0.1, 0.15) is 0 Å². The average Bonchev–Trinajstić information content (AvgIpc) is 2.21. The maximum atomic E-state index is 11.0. The Balaban J connectivity index is 2.91. The van der Waals surface area contributed by atoms with Gasteiger partial charge in [0.2, 0.25) is 5.91 Å². The van der Waals surface area contributed by atoms with Crippen LogP contribution in [0.25, 0.3) is 0 Å². The second kappa shape index (κ2) is 5.69. The predicted octanol–water partition coefficient (Wildman–Crippen LogP) is 3.06. The lowest BCUT2D eigenvalue weighted by Crippen LogP contribution is -2.15. The summed E-state index contributed by atoms with van der Waals surface area (Å²) in [6, 6.07) is 6.42. The van der Waals surface area contributed by atoms with Crippen LogP contribution in [0, 0.1) is 13.8 Å². The van der Waals surface area contributed by atoms with Crippen molar-refractivity contribution in [2.45, 2.75) is 46.0 Å². The average molecular weight is 219 g/mol. The minimum atomic E-state index is -0.211. The van der Waals surface area contributed by atoms with E-state index >= 15 is 0 Å². The van der Waals surface area contributed by atoms with Crippen molar-refractivity contribution in [2.24, 2.45) is 5.73 Å². The van der Waals surface area contributed by atoms with Crippen molar-refractivity contribution >= 4 is 5.91 Å². The van der Waals surface area contributed by atoms with Crippen LogP contribution in [0.15, 0.2) is 18.2 Å². The first-order valence-electron chi connectivity index (χ1n) is 5.90. The summed E-state index contributed by atoms with van der Waals surface area (Å²) in [5, 5.41) is 0. The molecule has 0 radical (unpaired) electrons. The number of benzene rings is 1. The van der Waals surface area contributed by atoms with E-state index in [-0.39, 0.29) is 11.8 Å². The molecule has 2 heteroatoms. The fraction of sp³-hybridized carbons (Fsp3) is 0.500. The molecule has 0 saturated carbocycles. The van der Waals surface area contributed by atoms with Gasteiger partial charge in [-0.2, -0.15) is 0 Å². The van der Waals surface area contributed by atoms with E-state index in [1.54, 1.807) is 0 Å². The van der Waals surface area contributed by atoms with E-state index in [4.69, 9.17) is 5.73 Å². The van der Waals surface area contributed by atoms with E-state index in [9.17, 15) is 4.79 Å².